The fourth-order valence-electron chi connectivity index (χ4n) is 1.54. The van der Waals surface area contributed by atoms with Crippen LogP contribution in [0.3, 0.4) is 0 Å². The molecule has 90 valence electrons. The van der Waals surface area contributed by atoms with E-state index >= 15 is 0 Å². The molecule has 2 atom stereocenters. The molecule has 0 fully saturated rings. The van der Waals surface area contributed by atoms with E-state index in [0.717, 1.165) is 5.56 Å². The highest BCUT2D eigenvalue weighted by Gasteiger charge is 2.18. The van der Waals surface area contributed by atoms with Crippen molar-refractivity contribution in [3.05, 3.63) is 34.6 Å². The third-order valence-corrected chi connectivity index (χ3v) is 3.39. The monoisotopic (exact) mass is 244 g/mol. The molecule has 0 aliphatic heterocycles. The van der Waals surface area contributed by atoms with Gasteiger partial charge in [-0.3, -0.25) is 0 Å². The molecule has 0 aromatic heterocycles. The summed E-state index contributed by atoms with van der Waals surface area (Å²) in [6.07, 6.45) is 0.0218. The molecule has 0 saturated carbocycles. The van der Waals surface area contributed by atoms with Crippen LogP contribution >= 0.6 is 11.6 Å². The Morgan fingerprint density at radius 1 is 1.31 bits per heavy atom. The van der Waals surface area contributed by atoms with E-state index in [-0.39, 0.29) is 10.9 Å². The summed E-state index contributed by atoms with van der Waals surface area (Å²) in [4.78, 5) is 0. The van der Waals surface area contributed by atoms with Gasteiger partial charge in [-0.1, -0.05) is 38.4 Å². The first-order valence-electron chi connectivity index (χ1n) is 5.53. The topological polar surface area (TPSA) is 20.2 Å². The molecule has 16 heavy (non-hydrogen) atoms. The van der Waals surface area contributed by atoms with Crippen LogP contribution in [0.15, 0.2) is 18.2 Å². The summed E-state index contributed by atoms with van der Waals surface area (Å²) in [5.74, 6) is 0.175. The zero-order valence-corrected chi connectivity index (χ0v) is 10.6. The summed E-state index contributed by atoms with van der Waals surface area (Å²) in [6, 6.07) is 4.67. The third kappa shape index (κ3) is 3.46. The SMILES string of the molecule is CC(C)C(C)C(O)Cc1ccc(Cl)c(F)c1. The number of hydrogen-bond donors (Lipinski definition) is 1. The number of hydrogen-bond acceptors (Lipinski definition) is 1. The molecule has 0 bridgehead atoms. The summed E-state index contributed by atoms with van der Waals surface area (Å²) < 4.78 is 13.2. The van der Waals surface area contributed by atoms with Crippen molar-refractivity contribution in [2.24, 2.45) is 11.8 Å². The van der Waals surface area contributed by atoms with Crippen LogP contribution in [0.4, 0.5) is 4.39 Å². The summed E-state index contributed by atoms with van der Waals surface area (Å²) in [7, 11) is 0. The van der Waals surface area contributed by atoms with Crippen molar-refractivity contribution >= 4 is 11.6 Å². The Morgan fingerprint density at radius 2 is 1.94 bits per heavy atom. The molecule has 0 radical (unpaired) electrons. The lowest BCUT2D eigenvalue weighted by Gasteiger charge is -2.22. The molecule has 0 aliphatic rings. The van der Waals surface area contributed by atoms with Gasteiger partial charge in [-0.2, -0.15) is 0 Å². The number of rotatable bonds is 4. The fraction of sp³-hybridized carbons (Fsp3) is 0.538. The van der Waals surface area contributed by atoms with Gasteiger partial charge in [0.05, 0.1) is 11.1 Å². The van der Waals surface area contributed by atoms with Crippen molar-refractivity contribution < 1.29 is 9.50 Å². The van der Waals surface area contributed by atoms with Crippen LogP contribution in [0.1, 0.15) is 26.3 Å². The molecule has 2 unspecified atom stereocenters. The van der Waals surface area contributed by atoms with Gasteiger partial charge in [-0.05, 0) is 36.0 Å². The molecule has 3 heteroatoms. The van der Waals surface area contributed by atoms with Gasteiger partial charge < -0.3 is 5.11 Å². The van der Waals surface area contributed by atoms with Gasteiger partial charge in [-0.15, -0.1) is 0 Å². The Kier molecular flexibility index (Phi) is 4.75. The van der Waals surface area contributed by atoms with Crippen molar-refractivity contribution in [1.29, 1.82) is 0 Å². The predicted molar refractivity (Wildman–Crippen MR) is 65.1 cm³/mol. The lowest BCUT2D eigenvalue weighted by molar-refractivity contribution is 0.0921. The molecule has 0 aliphatic carbocycles. The Bertz CT molecular complexity index is 352. The molecule has 0 saturated heterocycles. The van der Waals surface area contributed by atoms with Crippen LogP contribution in [0.2, 0.25) is 5.02 Å². The molecule has 1 rings (SSSR count). The highest BCUT2D eigenvalue weighted by atomic mass is 35.5. The van der Waals surface area contributed by atoms with Gasteiger partial charge in [0, 0.05) is 0 Å². The Hall–Kier alpha value is -0.600. The van der Waals surface area contributed by atoms with E-state index in [0.29, 0.717) is 12.3 Å². The van der Waals surface area contributed by atoms with Gasteiger partial charge in [0.1, 0.15) is 5.82 Å². The molecule has 1 N–H and O–H groups in total. The van der Waals surface area contributed by atoms with Crippen LogP contribution in [0.25, 0.3) is 0 Å². The van der Waals surface area contributed by atoms with Crippen LogP contribution in [-0.2, 0) is 6.42 Å². The number of aliphatic hydroxyl groups excluding tert-OH is 1. The predicted octanol–water partition coefficient (Wildman–Crippen LogP) is 3.67. The van der Waals surface area contributed by atoms with E-state index in [1.54, 1.807) is 6.07 Å². The molecule has 0 spiro atoms. The lowest BCUT2D eigenvalue weighted by atomic mass is 9.89. The highest BCUT2D eigenvalue weighted by molar-refractivity contribution is 6.30. The van der Waals surface area contributed by atoms with E-state index in [9.17, 15) is 9.50 Å². The zero-order chi connectivity index (χ0) is 12.3. The first kappa shape index (κ1) is 13.5. The summed E-state index contributed by atoms with van der Waals surface area (Å²) >= 11 is 5.59. The van der Waals surface area contributed by atoms with Crippen LogP contribution in [0, 0.1) is 17.7 Å². The van der Waals surface area contributed by atoms with Crippen molar-refractivity contribution in [3.8, 4) is 0 Å². The summed E-state index contributed by atoms with van der Waals surface area (Å²) in [6.45, 7) is 6.13. The van der Waals surface area contributed by atoms with Crippen LogP contribution < -0.4 is 0 Å². The van der Waals surface area contributed by atoms with Crippen molar-refractivity contribution in [3.63, 3.8) is 0 Å². The normalized spacial score (nSPS) is 15.2. The van der Waals surface area contributed by atoms with Gasteiger partial charge >= 0.3 is 0 Å². The van der Waals surface area contributed by atoms with Crippen LogP contribution in [0.5, 0.6) is 0 Å². The van der Waals surface area contributed by atoms with Gasteiger partial charge in [-0.25, -0.2) is 4.39 Å². The average Bonchev–Trinajstić information content (AvgIpc) is 2.22. The Morgan fingerprint density at radius 3 is 2.44 bits per heavy atom. The third-order valence-electron chi connectivity index (χ3n) is 3.09. The summed E-state index contributed by atoms with van der Waals surface area (Å²) in [5, 5.41) is 10.1. The largest absolute Gasteiger partial charge is 0.392 e. The second-order valence-corrected chi connectivity index (χ2v) is 5.03. The zero-order valence-electron chi connectivity index (χ0n) is 9.87. The van der Waals surface area contributed by atoms with Crippen molar-refractivity contribution in [2.75, 3.05) is 0 Å². The minimum Gasteiger partial charge on any atom is -0.392 e. The first-order valence-corrected chi connectivity index (χ1v) is 5.91. The average molecular weight is 245 g/mol. The quantitative estimate of drug-likeness (QED) is 0.857. The molecule has 1 nitrogen and oxygen atoms in total. The van der Waals surface area contributed by atoms with Gasteiger partial charge in [0.2, 0.25) is 0 Å². The Labute approximate surface area is 101 Å². The molecular formula is C13H18ClFO. The molecule has 0 heterocycles. The van der Waals surface area contributed by atoms with Crippen molar-refractivity contribution in [2.45, 2.75) is 33.3 Å². The maximum absolute atomic E-state index is 13.2. The number of halogens is 2. The van der Waals surface area contributed by atoms with Gasteiger partial charge in [0.15, 0.2) is 0 Å². The smallest absolute Gasteiger partial charge is 0.142 e. The van der Waals surface area contributed by atoms with Crippen LogP contribution in [-0.4, -0.2) is 11.2 Å². The van der Waals surface area contributed by atoms with E-state index < -0.39 is 11.9 Å². The lowest BCUT2D eigenvalue weighted by Crippen LogP contribution is -2.24. The van der Waals surface area contributed by atoms with E-state index in [1.165, 1.54) is 12.1 Å². The van der Waals surface area contributed by atoms with E-state index in [1.807, 2.05) is 6.92 Å². The minimum absolute atomic E-state index is 0.121. The highest BCUT2D eigenvalue weighted by Crippen LogP contribution is 2.21. The molecule has 0 amide bonds. The Balaban J connectivity index is 2.69. The van der Waals surface area contributed by atoms with Crippen molar-refractivity contribution in [1.82, 2.24) is 0 Å². The maximum atomic E-state index is 13.2. The second kappa shape index (κ2) is 5.65. The molecular weight excluding hydrogens is 227 g/mol. The number of benzene rings is 1. The second-order valence-electron chi connectivity index (χ2n) is 4.62. The van der Waals surface area contributed by atoms with E-state index in [2.05, 4.69) is 13.8 Å². The standard InChI is InChI=1S/C13H18ClFO/c1-8(2)9(3)13(16)7-10-4-5-11(14)12(15)6-10/h4-6,8-9,13,16H,7H2,1-3H3. The number of aliphatic hydroxyl groups is 1. The molecule has 1 aromatic carbocycles. The van der Waals surface area contributed by atoms with E-state index in [4.69, 9.17) is 11.6 Å². The van der Waals surface area contributed by atoms with Gasteiger partial charge in [0.25, 0.3) is 0 Å². The maximum Gasteiger partial charge on any atom is 0.142 e. The first-order chi connectivity index (χ1) is 7.41. The summed E-state index contributed by atoms with van der Waals surface area (Å²) in [5.41, 5.74) is 0.780. The fourth-order valence-corrected chi connectivity index (χ4v) is 1.66. The minimum atomic E-state index is -0.444. The molecule has 1 aromatic rings.